The van der Waals surface area contributed by atoms with Crippen molar-refractivity contribution in [2.24, 2.45) is 5.73 Å². The highest BCUT2D eigenvalue weighted by Crippen LogP contribution is 2.13. The Morgan fingerprint density at radius 3 is 2.42 bits per heavy atom. The van der Waals surface area contributed by atoms with Gasteiger partial charge in [-0.1, -0.05) is 0 Å². The maximum absolute atomic E-state index is 10.9. The average Bonchev–Trinajstić information content (AvgIpc) is 2.86. The molecule has 0 aliphatic heterocycles. The summed E-state index contributed by atoms with van der Waals surface area (Å²) < 4.78 is 5.09. The number of carboxylic acids is 1. The summed E-state index contributed by atoms with van der Waals surface area (Å²) in [5.41, 5.74) is 6.45. The second-order valence-electron chi connectivity index (χ2n) is 3.90. The second kappa shape index (κ2) is 5.26. The van der Waals surface area contributed by atoms with Crippen LogP contribution in [0.15, 0.2) is 41.0 Å². The van der Waals surface area contributed by atoms with Crippen LogP contribution in [-0.4, -0.2) is 17.0 Å². The highest BCUT2D eigenvalue weighted by molar-refractivity contribution is 5.93. The zero-order valence-electron chi connectivity index (χ0n) is 9.92. The Morgan fingerprint density at radius 2 is 1.89 bits per heavy atom. The van der Waals surface area contributed by atoms with Gasteiger partial charge in [0.15, 0.2) is 0 Å². The highest BCUT2D eigenvalue weighted by atomic mass is 16.4. The molecule has 6 nitrogen and oxygen atoms in total. The number of nitrogens with one attached hydrogen (secondary N) is 1. The van der Waals surface area contributed by atoms with Gasteiger partial charge in [-0.3, -0.25) is 4.79 Å². The van der Waals surface area contributed by atoms with Gasteiger partial charge in [-0.15, -0.1) is 0 Å². The Labute approximate surface area is 108 Å². The van der Waals surface area contributed by atoms with Gasteiger partial charge >= 0.3 is 5.97 Å². The summed E-state index contributed by atoms with van der Waals surface area (Å²) in [6, 6.07) is 8.08. The first-order valence-corrected chi connectivity index (χ1v) is 5.50. The van der Waals surface area contributed by atoms with Crippen LogP contribution in [0.1, 0.15) is 26.5 Å². The predicted octanol–water partition coefficient (Wildman–Crippen LogP) is 1.69. The van der Waals surface area contributed by atoms with E-state index in [2.05, 4.69) is 5.32 Å². The Bertz CT molecular complexity index is 601. The van der Waals surface area contributed by atoms with Crippen molar-refractivity contribution in [3.63, 3.8) is 0 Å². The van der Waals surface area contributed by atoms with Gasteiger partial charge in [0, 0.05) is 11.3 Å². The van der Waals surface area contributed by atoms with Crippen molar-refractivity contribution in [1.29, 1.82) is 0 Å². The largest absolute Gasteiger partial charge is 0.478 e. The summed E-state index contributed by atoms with van der Waals surface area (Å²) in [6.07, 6.45) is 1.19. The lowest BCUT2D eigenvalue weighted by molar-refractivity contribution is 0.0696. The van der Waals surface area contributed by atoms with Gasteiger partial charge in [0.1, 0.15) is 12.0 Å². The van der Waals surface area contributed by atoms with Crippen LogP contribution in [0.4, 0.5) is 5.69 Å². The fourth-order valence-corrected chi connectivity index (χ4v) is 1.53. The number of benzene rings is 1. The van der Waals surface area contributed by atoms with Crippen molar-refractivity contribution in [3.8, 4) is 0 Å². The van der Waals surface area contributed by atoms with Crippen LogP contribution in [0.5, 0.6) is 0 Å². The standard InChI is InChI=1S/C13H12N2O4/c14-12(16)8-1-3-10(4-2-8)15-6-11-5-9(7-19-11)13(17)18/h1-5,7,15H,6H2,(H2,14,16)(H,17,18). The first-order valence-electron chi connectivity index (χ1n) is 5.50. The number of carbonyl (C=O) groups excluding carboxylic acids is 1. The number of aromatic carboxylic acids is 1. The van der Waals surface area contributed by atoms with Gasteiger partial charge < -0.3 is 20.6 Å². The van der Waals surface area contributed by atoms with E-state index in [1.807, 2.05) is 0 Å². The predicted molar refractivity (Wildman–Crippen MR) is 68.0 cm³/mol. The molecule has 2 rings (SSSR count). The van der Waals surface area contributed by atoms with E-state index in [0.717, 1.165) is 5.69 Å². The van der Waals surface area contributed by atoms with E-state index in [4.69, 9.17) is 15.3 Å². The van der Waals surface area contributed by atoms with Crippen LogP contribution < -0.4 is 11.1 Å². The fraction of sp³-hybridized carbons (Fsp3) is 0.0769. The number of hydrogen-bond donors (Lipinski definition) is 3. The van der Waals surface area contributed by atoms with E-state index >= 15 is 0 Å². The van der Waals surface area contributed by atoms with Crippen LogP contribution in [-0.2, 0) is 6.54 Å². The summed E-state index contributed by atoms with van der Waals surface area (Å²) in [5, 5.41) is 11.8. The summed E-state index contributed by atoms with van der Waals surface area (Å²) >= 11 is 0. The molecule has 4 N–H and O–H groups in total. The lowest BCUT2D eigenvalue weighted by Gasteiger charge is -2.04. The number of carboxylic acid groups (broad SMARTS) is 1. The third-order valence-corrected chi connectivity index (χ3v) is 2.54. The molecule has 98 valence electrons. The average molecular weight is 260 g/mol. The molecule has 0 aliphatic rings. The monoisotopic (exact) mass is 260 g/mol. The molecule has 1 aromatic carbocycles. The normalized spacial score (nSPS) is 10.1. The lowest BCUT2D eigenvalue weighted by atomic mass is 10.2. The number of amides is 1. The molecule has 1 aromatic heterocycles. The van der Waals surface area contributed by atoms with Gasteiger partial charge in [-0.05, 0) is 30.3 Å². The molecule has 0 saturated heterocycles. The number of rotatable bonds is 5. The smallest absolute Gasteiger partial charge is 0.338 e. The van der Waals surface area contributed by atoms with Crippen LogP contribution in [0, 0.1) is 0 Å². The number of anilines is 1. The Kier molecular flexibility index (Phi) is 3.51. The summed E-state index contributed by atoms with van der Waals surface area (Å²) in [5.74, 6) is -0.999. The summed E-state index contributed by atoms with van der Waals surface area (Å²) in [4.78, 5) is 21.6. The van der Waals surface area contributed by atoms with E-state index in [0.29, 0.717) is 17.9 Å². The molecular weight excluding hydrogens is 248 g/mol. The maximum Gasteiger partial charge on any atom is 0.338 e. The number of primary amides is 1. The Morgan fingerprint density at radius 1 is 1.21 bits per heavy atom. The minimum absolute atomic E-state index is 0.112. The zero-order chi connectivity index (χ0) is 13.8. The third-order valence-electron chi connectivity index (χ3n) is 2.54. The van der Waals surface area contributed by atoms with Crippen LogP contribution >= 0.6 is 0 Å². The number of hydrogen-bond acceptors (Lipinski definition) is 4. The highest BCUT2D eigenvalue weighted by Gasteiger charge is 2.07. The van der Waals surface area contributed by atoms with Crippen LogP contribution in [0.2, 0.25) is 0 Å². The van der Waals surface area contributed by atoms with Crippen molar-refractivity contribution in [2.75, 3.05) is 5.32 Å². The molecule has 1 amide bonds. The minimum atomic E-state index is -1.03. The first-order chi connectivity index (χ1) is 9.06. The first kappa shape index (κ1) is 12.7. The van der Waals surface area contributed by atoms with E-state index in [1.54, 1.807) is 24.3 Å². The lowest BCUT2D eigenvalue weighted by Crippen LogP contribution is -2.10. The van der Waals surface area contributed by atoms with Gasteiger partial charge in [-0.25, -0.2) is 4.79 Å². The van der Waals surface area contributed by atoms with Crippen molar-refractivity contribution < 1.29 is 19.1 Å². The van der Waals surface area contributed by atoms with Crippen molar-refractivity contribution >= 4 is 17.6 Å². The summed E-state index contributed by atoms with van der Waals surface area (Å²) in [7, 11) is 0. The van der Waals surface area contributed by atoms with Crippen molar-refractivity contribution in [3.05, 3.63) is 53.5 Å². The Balaban J connectivity index is 1.97. The topological polar surface area (TPSA) is 106 Å². The molecule has 0 bridgehead atoms. The van der Waals surface area contributed by atoms with E-state index in [9.17, 15) is 9.59 Å². The molecule has 0 fully saturated rings. The van der Waals surface area contributed by atoms with Crippen molar-refractivity contribution in [2.45, 2.75) is 6.54 Å². The zero-order valence-corrected chi connectivity index (χ0v) is 9.92. The maximum atomic E-state index is 10.9. The molecule has 2 aromatic rings. The molecule has 0 spiro atoms. The second-order valence-corrected chi connectivity index (χ2v) is 3.90. The van der Waals surface area contributed by atoms with Crippen LogP contribution in [0.25, 0.3) is 0 Å². The third kappa shape index (κ3) is 3.12. The van der Waals surface area contributed by atoms with E-state index in [1.165, 1.54) is 12.3 Å². The van der Waals surface area contributed by atoms with Crippen LogP contribution in [0.3, 0.4) is 0 Å². The number of nitrogens with two attached hydrogens (primary N) is 1. The van der Waals surface area contributed by atoms with Gasteiger partial charge in [0.2, 0.25) is 5.91 Å². The molecule has 0 radical (unpaired) electrons. The van der Waals surface area contributed by atoms with E-state index < -0.39 is 11.9 Å². The minimum Gasteiger partial charge on any atom is -0.478 e. The van der Waals surface area contributed by atoms with Gasteiger partial charge in [-0.2, -0.15) is 0 Å². The number of carbonyl (C=O) groups is 2. The number of furan rings is 1. The summed E-state index contributed by atoms with van der Waals surface area (Å²) in [6.45, 7) is 0.350. The fourth-order valence-electron chi connectivity index (χ4n) is 1.53. The van der Waals surface area contributed by atoms with E-state index in [-0.39, 0.29) is 5.56 Å². The quantitative estimate of drug-likeness (QED) is 0.758. The molecule has 19 heavy (non-hydrogen) atoms. The molecule has 0 unspecified atom stereocenters. The van der Waals surface area contributed by atoms with Crippen molar-refractivity contribution in [1.82, 2.24) is 0 Å². The molecule has 6 heteroatoms. The molecule has 0 saturated carbocycles. The molecule has 0 aliphatic carbocycles. The molecule has 1 heterocycles. The molecule has 0 atom stereocenters. The SMILES string of the molecule is NC(=O)c1ccc(NCc2cc(C(=O)O)co2)cc1. The molecular formula is C13H12N2O4. The van der Waals surface area contributed by atoms with Gasteiger partial charge in [0.25, 0.3) is 0 Å². The van der Waals surface area contributed by atoms with Gasteiger partial charge in [0.05, 0.1) is 12.1 Å². The Hall–Kier alpha value is -2.76.